The molecule has 1 aliphatic heterocycles. The number of halogens is 2. The van der Waals surface area contributed by atoms with Crippen LogP contribution in [0.15, 0.2) is 36.5 Å². The van der Waals surface area contributed by atoms with Crippen molar-refractivity contribution < 1.29 is 18.3 Å². The molecule has 3 rings (SSSR count). The molecule has 0 radical (unpaired) electrons. The largest absolute Gasteiger partial charge is 0.469 e. The smallest absolute Gasteiger partial charge is 0.311 e. The number of ether oxygens (including phenoxy) is 1. The van der Waals surface area contributed by atoms with E-state index in [0.29, 0.717) is 18.7 Å². The standard InChI is InChI=1S/C18H18F2N2O2/c1-11-7-13(5-6-21-11)22-9-15(16(10-22)18(23)24-2)14-4-3-12(19)8-17(14)20/h3-8,15-16H,9-10H2,1-2H3/t15-,16?/m0/s1. The lowest BCUT2D eigenvalue weighted by molar-refractivity contribution is -0.145. The number of methoxy groups -OCH3 is 1. The van der Waals surface area contributed by atoms with E-state index in [4.69, 9.17) is 4.74 Å². The average molecular weight is 332 g/mol. The van der Waals surface area contributed by atoms with Gasteiger partial charge in [-0.3, -0.25) is 9.78 Å². The lowest BCUT2D eigenvalue weighted by Crippen LogP contribution is -2.24. The SMILES string of the molecule is COC(=O)C1CN(c2ccnc(C)c2)C[C@H]1c1ccc(F)cc1F. The van der Waals surface area contributed by atoms with Crippen LogP contribution in [-0.4, -0.2) is 31.2 Å². The van der Waals surface area contributed by atoms with Gasteiger partial charge in [0.25, 0.3) is 0 Å². The Kier molecular flexibility index (Phi) is 4.46. The van der Waals surface area contributed by atoms with Crippen molar-refractivity contribution in [1.82, 2.24) is 4.98 Å². The fraction of sp³-hybridized carbons (Fsp3) is 0.333. The lowest BCUT2D eigenvalue weighted by atomic mass is 9.88. The molecule has 2 atom stereocenters. The summed E-state index contributed by atoms with van der Waals surface area (Å²) in [6, 6.07) is 7.24. The molecular weight excluding hydrogens is 314 g/mol. The van der Waals surface area contributed by atoms with E-state index < -0.39 is 29.4 Å². The van der Waals surface area contributed by atoms with Crippen molar-refractivity contribution in [2.75, 3.05) is 25.1 Å². The Bertz CT molecular complexity index is 766. The van der Waals surface area contributed by atoms with Crippen LogP contribution in [0.2, 0.25) is 0 Å². The van der Waals surface area contributed by atoms with E-state index in [1.807, 2.05) is 24.0 Å². The highest BCUT2D eigenvalue weighted by atomic mass is 19.1. The summed E-state index contributed by atoms with van der Waals surface area (Å²) in [5.41, 5.74) is 2.11. The Morgan fingerprint density at radius 2 is 2.04 bits per heavy atom. The van der Waals surface area contributed by atoms with Gasteiger partial charge < -0.3 is 9.64 Å². The number of aromatic nitrogens is 1. The maximum atomic E-state index is 14.2. The second kappa shape index (κ2) is 6.55. The highest BCUT2D eigenvalue weighted by Gasteiger charge is 2.40. The van der Waals surface area contributed by atoms with E-state index in [1.165, 1.54) is 19.2 Å². The third-order valence-electron chi connectivity index (χ3n) is 4.43. The minimum absolute atomic E-state index is 0.333. The number of hydrogen-bond acceptors (Lipinski definition) is 4. The molecule has 1 unspecified atom stereocenters. The van der Waals surface area contributed by atoms with E-state index in [2.05, 4.69) is 4.98 Å². The van der Waals surface area contributed by atoms with Gasteiger partial charge in [0.15, 0.2) is 0 Å². The van der Waals surface area contributed by atoms with Crippen LogP contribution >= 0.6 is 0 Å². The van der Waals surface area contributed by atoms with Gasteiger partial charge in [0.1, 0.15) is 11.6 Å². The molecule has 0 bridgehead atoms. The summed E-state index contributed by atoms with van der Waals surface area (Å²) in [6.45, 7) is 2.75. The zero-order chi connectivity index (χ0) is 17.3. The second-order valence-corrected chi connectivity index (χ2v) is 5.96. The van der Waals surface area contributed by atoms with Gasteiger partial charge in [-0.2, -0.15) is 0 Å². The topological polar surface area (TPSA) is 42.4 Å². The Morgan fingerprint density at radius 1 is 1.25 bits per heavy atom. The molecule has 4 nitrogen and oxygen atoms in total. The maximum Gasteiger partial charge on any atom is 0.311 e. The van der Waals surface area contributed by atoms with Crippen LogP contribution in [0.1, 0.15) is 17.2 Å². The van der Waals surface area contributed by atoms with Crippen LogP contribution in [0, 0.1) is 24.5 Å². The van der Waals surface area contributed by atoms with Crippen molar-refractivity contribution in [3.8, 4) is 0 Å². The summed E-state index contributed by atoms with van der Waals surface area (Å²) in [7, 11) is 1.32. The first-order valence-corrected chi connectivity index (χ1v) is 7.70. The van der Waals surface area contributed by atoms with Gasteiger partial charge in [-0.15, -0.1) is 0 Å². The summed E-state index contributed by atoms with van der Waals surface area (Å²) in [5.74, 6) is -2.57. The van der Waals surface area contributed by atoms with Crippen LogP contribution in [-0.2, 0) is 9.53 Å². The van der Waals surface area contributed by atoms with Crippen LogP contribution in [0.25, 0.3) is 0 Å². The molecule has 126 valence electrons. The molecule has 1 fully saturated rings. The quantitative estimate of drug-likeness (QED) is 0.810. The van der Waals surface area contributed by atoms with Gasteiger partial charge in [0, 0.05) is 42.7 Å². The van der Waals surface area contributed by atoms with Crippen molar-refractivity contribution >= 4 is 11.7 Å². The summed E-state index contributed by atoms with van der Waals surface area (Å²) >= 11 is 0. The molecule has 2 heterocycles. The molecule has 0 saturated carbocycles. The number of rotatable bonds is 3. The van der Waals surface area contributed by atoms with Crippen molar-refractivity contribution in [2.45, 2.75) is 12.8 Å². The van der Waals surface area contributed by atoms with Gasteiger partial charge in [-0.05, 0) is 30.7 Å². The molecule has 0 aliphatic carbocycles. The number of esters is 1. The molecule has 6 heteroatoms. The third kappa shape index (κ3) is 3.09. The molecule has 1 aromatic carbocycles. The zero-order valence-corrected chi connectivity index (χ0v) is 13.5. The van der Waals surface area contributed by atoms with Crippen LogP contribution < -0.4 is 4.90 Å². The van der Waals surface area contributed by atoms with Gasteiger partial charge in [0.05, 0.1) is 13.0 Å². The second-order valence-electron chi connectivity index (χ2n) is 5.96. The molecular formula is C18H18F2N2O2. The van der Waals surface area contributed by atoms with E-state index in [1.54, 1.807) is 6.20 Å². The number of benzene rings is 1. The molecule has 1 saturated heterocycles. The highest BCUT2D eigenvalue weighted by Crippen LogP contribution is 2.37. The fourth-order valence-electron chi connectivity index (χ4n) is 3.25. The minimum Gasteiger partial charge on any atom is -0.469 e. The molecule has 1 aromatic heterocycles. The fourth-order valence-corrected chi connectivity index (χ4v) is 3.25. The Morgan fingerprint density at radius 3 is 2.71 bits per heavy atom. The number of hydrogen-bond donors (Lipinski definition) is 0. The normalized spacial score (nSPS) is 20.2. The van der Waals surface area contributed by atoms with Gasteiger partial charge in [-0.25, -0.2) is 8.78 Å². The third-order valence-corrected chi connectivity index (χ3v) is 4.43. The summed E-state index contributed by atoms with van der Waals surface area (Å²) in [6.07, 6.45) is 1.70. The summed E-state index contributed by atoms with van der Waals surface area (Å²) in [5, 5.41) is 0. The first-order chi connectivity index (χ1) is 11.5. The molecule has 0 N–H and O–H groups in total. The molecule has 24 heavy (non-hydrogen) atoms. The van der Waals surface area contributed by atoms with Crippen LogP contribution in [0.4, 0.5) is 14.5 Å². The predicted molar refractivity (Wildman–Crippen MR) is 85.8 cm³/mol. The Balaban J connectivity index is 1.95. The van der Waals surface area contributed by atoms with E-state index >= 15 is 0 Å². The Hall–Kier alpha value is -2.50. The van der Waals surface area contributed by atoms with Crippen molar-refractivity contribution in [2.24, 2.45) is 5.92 Å². The van der Waals surface area contributed by atoms with E-state index in [0.717, 1.165) is 17.4 Å². The molecule has 2 aromatic rings. The Labute approximate surface area is 139 Å². The first-order valence-electron chi connectivity index (χ1n) is 7.70. The van der Waals surface area contributed by atoms with Crippen molar-refractivity contribution in [3.63, 3.8) is 0 Å². The summed E-state index contributed by atoms with van der Waals surface area (Å²) < 4.78 is 32.3. The van der Waals surface area contributed by atoms with Gasteiger partial charge in [0.2, 0.25) is 0 Å². The van der Waals surface area contributed by atoms with Gasteiger partial charge in [-0.1, -0.05) is 6.07 Å². The van der Waals surface area contributed by atoms with E-state index in [9.17, 15) is 13.6 Å². The number of aryl methyl sites for hydroxylation is 1. The molecule has 0 spiro atoms. The first kappa shape index (κ1) is 16.4. The van der Waals surface area contributed by atoms with Crippen LogP contribution in [0.5, 0.6) is 0 Å². The number of pyridine rings is 1. The zero-order valence-electron chi connectivity index (χ0n) is 13.5. The average Bonchev–Trinajstić information content (AvgIpc) is 2.99. The van der Waals surface area contributed by atoms with Crippen LogP contribution in [0.3, 0.4) is 0 Å². The summed E-state index contributed by atoms with van der Waals surface area (Å²) in [4.78, 5) is 18.3. The minimum atomic E-state index is -0.637. The maximum absolute atomic E-state index is 14.2. The highest BCUT2D eigenvalue weighted by molar-refractivity contribution is 5.76. The number of nitrogens with zero attached hydrogens (tertiary/aromatic N) is 2. The lowest BCUT2D eigenvalue weighted by Gasteiger charge is -2.19. The number of anilines is 1. The predicted octanol–water partition coefficient (Wildman–Crippen LogP) is 3.06. The van der Waals surface area contributed by atoms with Gasteiger partial charge >= 0.3 is 5.97 Å². The molecule has 1 aliphatic rings. The van der Waals surface area contributed by atoms with E-state index in [-0.39, 0.29) is 0 Å². The van der Waals surface area contributed by atoms with Crippen molar-refractivity contribution in [3.05, 3.63) is 59.4 Å². The van der Waals surface area contributed by atoms with Crippen molar-refractivity contribution in [1.29, 1.82) is 0 Å². The number of carbonyl (C=O) groups excluding carboxylic acids is 1. The molecule has 0 amide bonds. The number of carbonyl (C=O) groups is 1. The monoisotopic (exact) mass is 332 g/mol.